The van der Waals surface area contributed by atoms with Crippen LogP contribution >= 0.6 is 0 Å². The van der Waals surface area contributed by atoms with E-state index in [2.05, 4.69) is 166 Å². The molecule has 1 nitrogen and oxygen atoms in total. The van der Waals surface area contributed by atoms with Gasteiger partial charge in [0.25, 0.3) is 0 Å². The normalized spacial score (nSPS) is 17.0. The van der Waals surface area contributed by atoms with E-state index in [1.54, 1.807) is 0 Å². The predicted octanol–water partition coefficient (Wildman–Crippen LogP) is 11.8. The van der Waals surface area contributed by atoms with Crippen LogP contribution in [0.3, 0.4) is 0 Å². The number of anilines is 2. The molecule has 0 aromatic heterocycles. The molecule has 3 aliphatic carbocycles. The van der Waals surface area contributed by atoms with Gasteiger partial charge < -0.3 is 5.32 Å². The minimum atomic E-state index is -0.333. The van der Waals surface area contributed by atoms with Crippen LogP contribution in [0.2, 0.25) is 0 Å². The van der Waals surface area contributed by atoms with Gasteiger partial charge in [0.1, 0.15) is 0 Å². The van der Waals surface area contributed by atoms with E-state index in [0.29, 0.717) is 0 Å². The molecule has 0 amide bonds. The van der Waals surface area contributed by atoms with Gasteiger partial charge in [0.15, 0.2) is 0 Å². The SMILES string of the molecule is CC1(C)CCC(C)(C)c2c(-c3cccc(Nc4ccc5c(c4)C4(c6ccccc6-c6ccccc64)c4ccccc4-5)c3)cccc21. The van der Waals surface area contributed by atoms with Gasteiger partial charge in [-0.25, -0.2) is 0 Å². The van der Waals surface area contributed by atoms with Crippen LogP contribution in [0.15, 0.2) is 133 Å². The number of benzene rings is 6. The van der Waals surface area contributed by atoms with E-state index >= 15 is 0 Å². The molecule has 6 aromatic carbocycles. The Morgan fingerprint density at radius 1 is 0.413 bits per heavy atom. The zero-order valence-corrected chi connectivity index (χ0v) is 27.1. The Labute approximate surface area is 273 Å². The third-order valence-electron chi connectivity index (χ3n) is 11.3. The van der Waals surface area contributed by atoms with Gasteiger partial charge in [-0.1, -0.05) is 137 Å². The summed E-state index contributed by atoms with van der Waals surface area (Å²) in [5, 5.41) is 3.84. The summed E-state index contributed by atoms with van der Waals surface area (Å²) in [5.41, 5.74) is 18.7. The number of fused-ring (bicyclic) bond motifs is 11. The van der Waals surface area contributed by atoms with E-state index in [1.807, 2.05) is 0 Å². The first-order valence-electron chi connectivity index (χ1n) is 16.7. The second-order valence-corrected chi connectivity index (χ2v) is 14.8. The third-order valence-corrected chi connectivity index (χ3v) is 11.3. The van der Waals surface area contributed by atoms with Gasteiger partial charge in [-0.2, -0.15) is 0 Å². The highest BCUT2D eigenvalue weighted by molar-refractivity contribution is 5.95. The molecule has 0 bridgehead atoms. The second kappa shape index (κ2) is 9.56. The van der Waals surface area contributed by atoms with E-state index in [1.165, 1.54) is 79.6 Å². The average Bonchev–Trinajstić information content (AvgIpc) is 3.54. The van der Waals surface area contributed by atoms with Crippen LogP contribution in [0.4, 0.5) is 11.4 Å². The van der Waals surface area contributed by atoms with E-state index in [4.69, 9.17) is 0 Å². The van der Waals surface area contributed by atoms with E-state index in [9.17, 15) is 0 Å². The average molecular weight is 594 g/mol. The number of hydrogen-bond acceptors (Lipinski definition) is 1. The van der Waals surface area contributed by atoms with Crippen molar-refractivity contribution in [3.63, 3.8) is 0 Å². The summed E-state index contributed by atoms with van der Waals surface area (Å²) in [7, 11) is 0. The summed E-state index contributed by atoms with van der Waals surface area (Å²) in [5.74, 6) is 0. The van der Waals surface area contributed by atoms with Gasteiger partial charge in [0.2, 0.25) is 0 Å². The van der Waals surface area contributed by atoms with Gasteiger partial charge in [-0.15, -0.1) is 0 Å². The molecule has 9 rings (SSSR count). The summed E-state index contributed by atoms with van der Waals surface area (Å²) in [6.07, 6.45) is 2.42. The molecule has 6 aromatic rings. The van der Waals surface area contributed by atoms with Crippen LogP contribution in [0.25, 0.3) is 33.4 Å². The van der Waals surface area contributed by atoms with Crippen LogP contribution in [0.1, 0.15) is 73.9 Å². The summed E-state index contributed by atoms with van der Waals surface area (Å²) in [6.45, 7) is 9.65. The lowest BCUT2D eigenvalue weighted by molar-refractivity contribution is 0.333. The standard InChI is InChI=1S/C45H39N/c1-43(2)25-26-44(3,4)42-32(18-12-22-40(42)43)29-13-11-14-30(27-29)46-31-23-24-36-35-17-7-10-21-39(35)45(41(36)28-31)37-19-8-5-15-33(37)34-16-6-9-20-38(34)45/h5-24,27-28,46H,25-26H2,1-4H3. The quantitative estimate of drug-likeness (QED) is 0.215. The monoisotopic (exact) mass is 593 g/mol. The molecular weight excluding hydrogens is 555 g/mol. The maximum Gasteiger partial charge on any atom is 0.0726 e. The summed E-state index contributed by atoms with van der Waals surface area (Å²) >= 11 is 0. The molecule has 3 aliphatic rings. The first-order chi connectivity index (χ1) is 22.3. The Morgan fingerprint density at radius 3 is 1.57 bits per heavy atom. The van der Waals surface area contributed by atoms with Crippen LogP contribution < -0.4 is 5.32 Å². The number of rotatable bonds is 3. The smallest absolute Gasteiger partial charge is 0.0726 e. The molecular formula is C45H39N. The molecule has 46 heavy (non-hydrogen) atoms. The lowest BCUT2D eigenvalue weighted by atomic mass is 9.61. The fraction of sp³-hybridized carbons (Fsp3) is 0.200. The van der Waals surface area contributed by atoms with Crippen molar-refractivity contribution < 1.29 is 0 Å². The summed E-state index contributed by atoms with van der Waals surface area (Å²) in [6, 6.07) is 50.0. The fourth-order valence-electron chi connectivity index (χ4n) is 9.07. The number of nitrogens with one attached hydrogen (secondary N) is 1. The molecule has 0 aliphatic heterocycles. The third kappa shape index (κ3) is 3.69. The zero-order chi connectivity index (χ0) is 31.3. The van der Waals surface area contributed by atoms with Crippen molar-refractivity contribution in [2.75, 3.05) is 5.32 Å². The van der Waals surface area contributed by atoms with Gasteiger partial charge in [-0.05, 0) is 115 Å². The van der Waals surface area contributed by atoms with Crippen LogP contribution in [-0.2, 0) is 16.2 Å². The Bertz CT molecular complexity index is 2130. The largest absolute Gasteiger partial charge is 0.355 e. The van der Waals surface area contributed by atoms with E-state index in [-0.39, 0.29) is 16.2 Å². The summed E-state index contributed by atoms with van der Waals surface area (Å²) < 4.78 is 0. The van der Waals surface area contributed by atoms with Crippen molar-refractivity contribution >= 4 is 11.4 Å². The molecule has 224 valence electrons. The molecule has 0 heterocycles. The number of hydrogen-bond donors (Lipinski definition) is 1. The Kier molecular flexibility index (Phi) is 5.70. The first kappa shape index (κ1) is 27.4. The minimum absolute atomic E-state index is 0.141. The van der Waals surface area contributed by atoms with Crippen LogP contribution in [0.5, 0.6) is 0 Å². The molecule has 0 saturated heterocycles. The maximum atomic E-state index is 3.84. The van der Waals surface area contributed by atoms with Gasteiger partial charge in [-0.3, -0.25) is 0 Å². The molecule has 0 unspecified atom stereocenters. The van der Waals surface area contributed by atoms with Gasteiger partial charge in [0, 0.05) is 11.4 Å². The molecule has 0 fully saturated rings. The Balaban J connectivity index is 1.18. The second-order valence-electron chi connectivity index (χ2n) is 14.8. The van der Waals surface area contributed by atoms with Crippen molar-refractivity contribution in [2.45, 2.75) is 56.8 Å². The van der Waals surface area contributed by atoms with Crippen molar-refractivity contribution in [3.05, 3.63) is 167 Å². The van der Waals surface area contributed by atoms with E-state index in [0.717, 1.165) is 11.4 Å². The predicted molar refractivity (Wildman–Crippen MR) is 193 cm³/mol. The topological polar surface area (TPSA) is 12.0 Å². The fourth-order valence-corrected chi connectivity index (χ4v) is 9.07. The lowest BCUT2D eigenvalue weighted by Gasteiger charge is -2.43. The van der Waals surface area contributed by atoms with Crippen molar-refractivity contribution in [2.24, 2.45) is 0 Å². The zero-order valence-electron chi connectivity index (χ0n) is 27.1. The highest BCUT2D eigenvalue weighted by Gasteiger charge is 2.51. The molecule has 0 radical (unpaired) electrons. The molecule has 0 saturated carbocycles. The van der Waals surface area contributed by atoms with Crippen molar-refractivity contribution in [3.8, 4) is 33.4 Å². The maximum absolute atomic E-state index is 3.84. The Morgan fingerprint density at radius 2 is 0.913 bits per heavy atom. The highest BCUT2D eigenvalue weighted by Crippen LogP contribution is 2.63. The highest BCUT2D eigenvalue weighted by atomic mass is 14.9. The first-order valence-corrected chi connectivity index (χ1v) is 16.7. The molecule has 1 N–H and O–H groups in total. The van der Waals surface area contributed by atoms with Crippen molar-refractivity contribution in [1.29, 1.82) is 0 Å². The molecule has 0 atom stereocenters. The van der Waals surface area contributed by atoms with Gasteiger partial charge >= 0.3 is 0 Å². The molecule has 1 heteroatoms. The van der Waals surface area contributed by atoms with Crippen LogP contribution in [0, 0.1) is 0 Å². The van der Waals surface area contributed by atoms with Gasteiger partial charge in [0.05, 0.1) is 5.41 Å². The minimum Gasteiger partial charge on any atom is -0.355 e. The summed E-state index contributed by atoms with van der Waals surface area (Å²) in [4.78, 5) is 0. The van der Waals surface area contributed by atoms with Crippen LogP contribution in [-0.4, -0.2) is 0 Å². The molecule has 1 spiro atoms. The Hall–Kier alpha value is -4.88. The van der Waals surface area contributed by atoms with E-state index < -0.39 is 0 Å². The lowest BCUT2D eigenvalue weighted by Crippen LogP contribution is -2.34. The van der Waals surface area contributed by atoms with Crippen molar-refractivity contribution in [1.82, 2.24) is 0 Å².